The number of aliphatic hydroxyl groups excluding tert-OH is 1. The Kier molecular flexibility index (Phi) is 6.98. The van der Waals surface area contributed by atoms with Crippen LogP contribution in [-0.4, -0.2) is 44.3 Å². The smallest absolute Gasteiger partial charge is 0.227 e. The third kappa shape index (κ3) is 4.31. The van der Waals surface area contributed by atoms with E-state index in [0.717, 1.165) is 29.1 Å². The van der Waals surface area contributed by atoms with E-state index in [4.69, 9.17) is 4.98 Å². The molecule has 0 amide bonds. The van der Waals surface area contributed by atoms with Gasteiger partial charge >= 0.3 is 0 Å². The predicted octanol–water partition coefficient (Wildman–Crippen LogP) is 3.78. The number of hydrogen-bond acceptors (Lipinski definition) is 6. The van der Waals surface area contributed by atoms with Crippen LogP contribution in [0.2, 0.25) is 0 Å². The van der Waals surface area contributed by atoms with Gasteiger partial charge in [0.05, 0.1) is 19.0 Å². The van der Waals surface area contributed by atoms with Crippen LogP contribution in [-0.2, 0) is 0 Å². The van der Waals surface area contributed by atoms with Gasteiger partial charge in [0.1, 0.15) is 0 Å². The molecule has 0 fully saturated rings. The first-order valence-corrected chi connectivity index (χ1v) is 8.95. The molecule has 1 aromatic carbocycles. The Morgan fingerprint density at radius 2 is 1.89 bits per heavy atom. The molecule has 146 valence electrons. The molecule has 0 radical (unpaired) electrons. The van der Waals surface area contributed by atoms with Crippen molar-refractivity contribution in [2.75, 3.05) is 23.9 Å². The first-order chi connectivity index (χ1) is 12.5. The fraction of sp³-hybridized carbons (Fsp3) is 0.421. The summed E-state index contributed by atoms with van der Waals surface area (Å²) in [6.45, 7) is 6.24. The molecule has 0 spiro atoms. The van der Waals surface area contributed by atoms with Gasteiger partial charge in [-0.3, -0.25) is 0 Å². The van der Waals surface area contributed by atoms with Gasteiger partial charge in [-0.2, -0.15) is 9.97 Å². The molecule has 0 aliphatic heterocycles. The summed E-state index contributed by atoms with van der Waals surface area (Å²) in [6.07, 6.45) is 2.59. The van der Waals surface area contributed by atoms with E-state index >= 15 is 0 Å². The molecule has 0 unspecified atom stereocenters. The van der Waals surface area contributed by atoms with E-state index in [2.05, 4.69) is 29.1 Å². The molecule has 0 saturated heterocycles. The minimum Gasteiger partial charge on any atom is -0.394 e. The SMILES string of the molecule is CC[C@H](CO)Nc1nc(N(C)c2ccccc2)c2ncn(C(C)C)c2n1.Cl. The van der Waals surface area contributed by atoms with Crippen molar-refractivity contribution in [3.05, 3.63) is 36.7 Å². The molecule has 0 aliphatic rings. The van der Waals surface area contributed by atoms with Gasteiger partial charge in [0.15, 0.2) is 17.0 Å². The van der Waals surface area contributed by atoms with Gasteiger partial charge in [0.2, 0.25) is 5.95 Å². The number of nitrogens with zero attached hydrogens (tertiary/aromatic N) is 5. The number of benzene rings is 1. The van der Waals surface area contributed by atoms with Crippen molar-refractivity contribution in [2.45, 2.75) is 39.3 Å². The Morgan fingerprint density at radius 1 is 1.19 bits per heavy atom. The molecule has 0 bridgehead atoms. The van der Waals surface area contributed by atoms with Gasteiger partial charge in [-0.1, -0.05) is 25.1 Å². The summed E-state index contributed by atoms with van der Waals surface area (Å²) >= 11 is 0. The van der Waals surface area contributed by atoms with E-state index in [1.54, 1.807) is 6.33 Å². The Hall–Kier alpha value is -2.38. The lowest BCUT2D eigenvalue weighted by Crippen LogP contribution is -2.24. The lowest BCUT2D eigenvalue weighted by atomic mass is 10.2. The number of fused-ring (bicyclic) bond motifs is 1. The van der Waals surface area contributed by atoms with E-state index < -0.39 is 0 Å². The van der Waals surface area contributed by atoms with E-state index in [0.29, 0.717) is 5.95 Å². The number of imidazole rings is 1. The second kappa shape index (κ2) is 9.01. The van der Waals surface area contributed by atoms with Gasteiger partial charge < -0.3 is 19.9 Å². The van der Waals surface area contributed by atoms with Crippen LogP contribution in [0, 0.1) is 0 Å². The van der Waals surface area contributed by atoms with Crippen molar-refractivity contribution >= 4 is 41.0 Å². The van der Waals surface area contributed by atoms with Crippen LogP contribution in [0.1, 0.15) is 33.2 Å². The first kappa shape index (κ1) is 20.9. The lowest BCUT2D eigenvalue weighted by Gasteiger charge is -2.21. The fourth-order valence-corrected chi connectivity index (χ4v) is 2.81. The second-order valence-corrected chi connectivity index (χ2v) is 6.62. The van der Waals surface area contributed by atoms with Gasteiger partial charge in [-0.05, 0) is 32.4 Å². The molecule has 3 rings (SSSR count). The molecule has 2 heterocycles. The number of halogens is 1. The van der Waals surface area contributed by atoms with E-state index in [1.807, 2.05) is 53.8 Å². The van der Waals surface area contributed by atoms with Crippen LogP contribution in [0.25, 0.3) is 11.2 Å². The predicted molar refractivity (Wildman–Crippen MR) is 112 cm³/mol. The Labute approximate surface area is 165 Å². The zero-order chi connectivity index (χ0) is 18.7. The number of hydrogen-bond donors (Lipinski definition) is 2. The normalized spacial score (nSPS) is 12.1. The maximum Gasteiger partial charge on any atom is 0.227 e. The third-order valence-corrected chi connectivity index (χ3v) is 4.47. The summed E-state index contributed by atoms with van der Waals surface area (Å²) in [5.41, 5.74) is 2.56. The molecule has 8 heteroatoms. The van der Waals surface area contributed by atoms with E-state index in [9.17, 15) is 5.11 Å². The van der Waals surface area contributed by atoms with E-state index in [-0.39, 0.29) is 31.1 Å². The third-order valence-electron chi connectivity index (χ3n) is 4.47. The number of aromatic nitrogens is 4. The summed E-state index contributed by atoms with van der Waals surface area (Å²) in [5, 5.41) is 12.7. The van der Waals surface area contributed by atoms with Gasteiger partial charge in [-0.25, -0.2) is 4.98 Å². The average molecular weight is 391 g/mol. The van der Waals surface area contributed by atoms with Crippen molar-refractivity contribution in [1.29, 1.82) is 0 Å². The van der Waals surface area contributed by atoms with Gasteiger partial charge in [-0.15, -0.1) is 12.4 Å². The number of rotatable bonds is 7. The number of nitrogens with one attached hydrogen (secondary N) is 1. The zero-order valence-electron chi connectivity index (χ0n) is 16.1. The number of anilines is 3. The highest BCUT2D eigenvalue weighted by Crippen LogP contribution is 2.30. The molecule has 2 N–H and O–H groups in total. The largest absolute Gasteiger partial charge is 0.394 e. The van der Waals surface area contributed by atoms with Crippen LogP contribution in [0.15, 0.2) is 36.7 Å². The maximum absolute atomic E-state index is 9.51. The summed E-state index contributed by atoms with van der Waals surface area (Å²) in [5.74, 6) is 1.23. The van der Waals surface area contributed by atoms with Gasteiger partial charge in [0, 0.05) is 18.8 Å². The average Bonchev–Trinajstić information content (AvgIpc) is 3.09. The highest BCUT2D eigenvalue weighted by atomic mass is 35.5. The van der Waals surface area contributed by atoms with Crippen LogP contribution < -0.4 is 10.2 Å². The molecule has 1 atom stereocenters. The van der Waals surface area contributed by atoms with Crippen molar-refractivity contribution in [3.63, 3.8) is 0 Å². The molecule has 7 nitrogen and oxygen atoms in total. The molecule has 0 saturated carbocycles. The summed E-state index contributed by atoms with van der Waals surface area (Å²) in [7, 11) is 1.97. The minimum atomic E-state index is -0.0854. The van der Waals surface area contributed by atoms with Gasteiger partial charge in [0.25, 0.3) is 0 Å². The maximum atomic E-state index is 9.51. The van der Waals surface area contributed by atoms with Crippen LogP contribution in [0.4, 0.5) is 17.5 Å². The molecular weight excluding hydrogens is 364 g/mol. The Balaban J connectivity index is 0.00000261. The topological polar surface area (TPSA) is 79.1 Å². The summed E-state index contributed by atoms with van der Waals surface area (Å²) in [4.78, 5) is 15.9. The lowest BCUT2D eigenvalue weighted by molar-refractivity contribution is 0.271. The highest BCUT2D eigenvalue weighted by molar-refractivity contribution is 5.87. The monoisotopic (exact) mass is 390 g/mol. The van der Waals surface area contributed by atoms with E-state index in [1.165, 1.54) is 0 Å². The highest BCUT2D eigenvalue weighted by Gasteiger charge is 2.19. The second-order valence-electron chi connectivity index (χ2n) is 6.62. The standard InChI is InChI=1S/C19H26N6O.ClH/c1-5-14(11-26)21-19-22-17(24(4)15-9-7-6-8-10-15)16-18(23-19)25(12-20-16)13(2)3;/h6-10,12-14,26H,5,11H2,1-4H3,(H,21,22,23);1H/t14-;/m1./s1. The number of aliphatic hydroxyl groups is 1. The van der Waals surface area contributed by atoms with Crippen LogP contribution >= 0.6 is 12.4 Å². The molecule has 0 aliphatic carbocycles. The minimum absolute atomic E-state index is 0. The van der Waals surface area contributed by atoms with Crippen molar-refractivity contribution < 1.29 is 5.11 Å². The quantitative estimate of drug-likeness (QED) is 0.639. The van der Waals surface area contributed by atoms with Crippen LogP contribution in [0.5, 0.6) is 0 Å². The fourth-order valence-electron chi connectivity index (χ4n) is 2.81. The van der Waals surface area contributed by atoms with Crippen molar-refractivity contribution in [1.82, 2.24) is 19.5 Å². The summed E-state index contributed by atoms with van der Waals surface area (Å²) in [6, 6.07) is 10.2. The van der Waals surface area contributed by atoms with Crippen molar-refractivity contribution in [2.24, 2.45) is 0 Å². The molecule has 3 aromatic rings. The summed E-state index contributed by atoms with van der Waals surface area (Å²) < 4.78 is 2.03. The first-order valence-electron chi connectivity index (χ1n) is 8.95. The Morgan fingerprint density at radius 3 is 2.48 bits per heavy atom. The van der Waals surface area contributed by atoms with Crippen LogP contribution in [0.3, 0.4) is 0 Å². The zero-order valence-corrected chi connectivity index (χ0v) is 16.9. The molecule has 2 aromatic heterocycles. The Bertz CT molecular complexity index is 863. The number of para-hydroxylation sites is 1. The molecular formula is C19H27ClN6O. The molecule has 27 heavy (non-hydrogen) atoms. The van der Waals surface area contributed by atoms with Crippen molar-refractivity contribution in [3.8, 4) is 0 Å².